The van der Waals surface area contributed by atoms with Crippen LogP contribution in [0.25, 0.3) is 0 Å². The molecule has 2 nitrogen and oxygen atoms in total. The van der Waals surface area contributed by atoms with Crippen LogP contribution in [0.2, 0.25) is 0 Å². The van der Waals surface area contributed by atoms with Gasteiger partial charge in [0.15, 0.2) is 0 Å². The molecule has 1 aliphatic carbocycles. The van der Waals surface area contributed by atoms with Gasteiger partial charge < -0.3 is 5.32 Å². The molecule has 19 heavy (non-hydrogen) atoms. The maximum Gasteiger partial charge on any atom is 0.0641 e. The van der Waals surface area contributed by atoms with Gasteiger partial charge in [-0.1, -0.05) is 43.2 Å². The van der Waals surface area contributed by atoms with E-state index in [1.807, 2.05) is 30.0 Å². The standard InChI is InChI=1S/C16H22N2S/c1-19-16(10-5-6-11-16)13-18-15(9-12-17)14-7-3-2-4-8-14/h2-4,7-8,15,18H,5-6,9-11,13H2,1H3. The van der Waals surface area contributed by atoms with Crippen molar-refractivity contribution in [1.82, 2.24) is 5.32 Å². The number of hydrogen-bond donors (Lipinski definition) is 1. The van der Waals surface area contributed by atoms with E-state index < -0.39 is 0 Å². The molecule has 1 aromatic rings. The number of nitriles is 1. The minimum Gasteiger partial charge on any atom is -0.308 e. The fourth-order valence-electron chi connectivity index (χ4n) is 2.87. The zero-order chi connectivity index (χ0) is 13.6. The predicted octanol–water partition coefficient (Wildman–Crippen LogP) is 3.91. The Labute approximate surface area is 120 Å². The Morgan fingerprint density at radius 1 is 1.32 bits per heavy atom. The number of nitrogens with zero attached hydrogens (tertiary/aromatic N) is 1. The van der Waals surface area contributed by atoms with Crippen LogP contribution in [-0.4, -0.2) is 17.5 Å². The molecule has 1 unspecified atom stereocenters. The maximum absolute atomic E-state index is 9.02. The summed E-state index contributed by atoms with van der Waals surface area (Å²) in [5.41, 5.74) is 1.22. The molecule has 0 amide bonds. The van der Waals surface area contributed by atoms with Gasteiger partial charge in [-0.3, -0.25) is 0 Å². The Balaban J connectivity index is 2.00. The van der Waals surface area contributed by atoms with E-state index in [0.717, 1.165) is 6.54 Å². The smallest absolute Gasteiger partial charge is 0.0641 e. The molecule has 0 bridgehead atoms. The van der Waals surface area contributed by atoms with Crippen LogP contribution in [0.3, 0.4) is 0 Å². The number of nitrogens with one attached hydrogen (secondary N) is 1. The summed E-state index contributed by atoms with van der Waals surface area (Å²) in [7, 11) is 0. The highest BCUT2D eigenvalue weighted by Crippen LogP contribution is 2.40. The second-order valence-corrected chi connectivity index (χ2v) is 6.57. The predicted molar refractivity (Wildman–Crippen MR) is 82.1 cm³/mol. The van der Waals surface area contributed by atoms with E-state index in [1.54, 1.807) is 0 Å². The van der Waals surface area contributed by atoms with E-state index in [-0.39, 0.29) is 6.04 Å². The Bertz CT molecular complexity index is 418. The zero-order valence-electron chi connectivity index (χ0n) is 11.6. The van der Waals surface area contributed by atoms with Crippen molar-refractivity contribution in [2.24, 2.45) is 0 Å². The van der Waals surface area contributed by atoms with Gasteiger partial charge in [-0.15, -0.1) is 0 Å². The lowest BCUT2D eigenvalue weighted by Crippen LogP contribution is -2.37. The molecule has 102 valence electrons. The highest BCUT2D eigenvalue weighted by molar-refractivity contribution is 8.00. The van der Waals surface area contributed by atoms with Crippen molar-refractivity contribution in [3.63, 3.8) is 0 Å². The third-order valence-electron chi connectivity index (χ3n) is 4.12. The van der Waals surface area contributed by atoms with Gasteiger partial charge in [0, 0.05) is 17.3 Å². The van der Waals surface area contributed by atoms with Crippen molar-refractivity contribution in [2.45, 2.75) is 42.9 Å². The molecule has 1 fully saturated rings. The first-order valence-electron chi connectivity index (χ1n) is 7.00. The fraction of sp³-hybridized carbons (Fsp3) is 0.562. The number of benzene rings is 1. The largest absolute Gasteiger partial charge is 0.308 e. The quantitative estimate of drug-likeness (QED) is 0.854. The van der Waals surface area contributed by atoms with Gasteiger partial charge in [0.1, 0.15) is 0 Å². The van der Waals surface area contributed by atoms with Crippen LogP contribution < -0.4 is 5.32 Å². The van der Waals surface area contributed by atoms with Crippen LogP contribution in [0.5, 0.6) is 0 Å². The first-order chi connectivity index (χ1) is 9.29. The van der Waals surface area contributed by atoms with Crippen LogP contribution in [0.15, 0.2) is 30.3 Å². The third-order valence-corrected chi connectivity index (χ3v) is 5.53. The Morgan fingerprint density at radius 2 is 2.00 bits per heavy atom. The van der Waals surface area contributed by atoms with Crippen LogP contribution in [0, 0.1) is 11.3 Å². The topological polar surface area (TPSA) is 35.8 Å². The van der Waals surface area contributed by atoms with Gasteiger partial charge in [-0.2, -0.15) is 17.0 Å². The molecule has 0 saturated heterocycles. The van der Waals surface area contributed by atoms with Crippen molar-refractivity contribution in [1.29, 1.82) is 5.26 Å². The second-order valence-electron chi connectivity index (χ2n) is 5.30. The molecular weight excluding hydrogens is 252 g/mol. The maximum atomic E-state index is 9.02. The summed E-state index contributed by atoms with van der Waals surface area (Å²) in [6.45, 7) is 1.01. The van der Waals surface area contributed by atoms with Gasteiger partial charge >= 0.3 is 0 Å². The van der Waals surface area contributed by atoms with E-state index >= 15 is 0 Å². The number of hydrogen-bond acceptors (Lipinski definition) is 3. The molecule has 1 N–H and O–H groups in total. The molecule has 1 atom stereocenters. The zero-order valence-corrected chi connectivity index (χ0v) is 12.4. The molecule has 0 aliphatic heterocycles. The summed E-state index contributed by atoms with van der Waals surface area (Å²) in [5.74, 6) is 0. The van der Waals surface area contributed by atoms with Gasteiger partial charge in [-0.25, -0.2) is 0 Å². The second kappa shape index (κ2) is 6.98. The SMILES string of the molecule is CSC1(CNC(CC#N)c2ccccc2)CCCC1. The monoisotopic (exact) mass is 274 g/mol. The summed E-state index contributed by atoms with van der Waals surface area (Å²) in [6.07, 6.45) is 8.04. The van der Waals surface area contributed by atoms with Crippen molar-refractivity contribution < 1.29 is 0 Å². The van der Waals surface area contributed by atoms with Crippen LogP contribution in [0.1, 0.15) is 43.7 Å². The van der Waals surface area contributed by atoms with Crippen molar-refractivity contribution >= 4 is 11.8 Å². The van der Waals surface area contributed by atoms with Crippen molar-refractivity contribution in [2.75, 3.05) is 12.8 Å². The lowest BCUT2D eigenvalue weighted by molar-refractivity contribution is 0.471. The summed E-state index contributed by atoms with van der Waals surface area (Å²) < 4.78 is 0.391. The van der Waals surface area contributed by atoms with Crippen LogP contribution in [-0.2, 0) is 0 Å². The average molecular weight is 274 g/mol. The minimum atomic E-state index is 0.163. The van der Waals surface area contributed by atoms with E-state index in [2.05, 4.69) is 29.8 Å². The van der Waals surface area contributed by atoms with Crippen LogP contribution in [0.4, 0.5) is 0 Å². The van der Waals surface area contributed by atoms with E-state index in [9.17, 15) is 0 Å². The highest BCUT2D eigenvalue weighted by Gasteiger charge is 2.33. The van der Waals surface area contributed by atoms with Crippen LogP contribution >= 0.6 is 11.8 Å². The highest BCUT2D eigenvalue weighted by atomic mass is 32.2. The number of rotatable bonds is 6. The molecule has 1 saturated carbocycles. The van der Waals surface area contributed by atoms with E-state index in [1.165, 1.54) is 31.2 Å². The van der Waals surface area contributed by atoms with Gasteiger partial charge in [0.2, 0.25) is 0 Å². The van der Waals surface area contributed by atoms with Crippen molar-refractivity contribution in [3.05, 3.63) is 35.9 Å². The molecule has 1 aromatic carbocycles. The minimum absolute atomic E-state index is 0.163. The van der Waals surface area contributed by atoms with Gasteiger partial charge in [-0.05, 0) is 24.7 Å². The Kier molecular flexibility index (Phi) is 5.30. The van der Waals surface area contributed by atoms with Crippen molar-refractivity contribution in [3.8, 4) is 6.07 Å². The van der Waals surface area contributed by atoms with Gasteiger partial charge in [0.05, 0.1) is 12.5 Å². The summed E-state index contributed by atoms with van der Waals surface area (Å²) >= 11 is 1.99. The third kappa shape index (κ3) is 3.75. The molecule has 0 radical (unpaired) electrons. The van der Waals surface area contributed by atoms with Gasteiger partial charge in [0.25, 0.3) is 0 Å². The summed E-state index contributed by atoms with van der Waals surface area (Å²) in [6, 6.07) is 12.8. The Morgan fingerprint density at radius 3 is 2.58 bits per heavy atom. The Hall–Kier alpha value is -0.980. The molecular formula is C16H22N2S. The average Bonchev–Trinajstić information content (AvgIpc) is 2.94. The summed E-state index contributed by atoms with van der Waals surface area (Å²) in [4.78, 5) is 0. The summed E-state index contributed by atoms with van der Waals surface area (Å²) in [5, 5.41) is 12.6. The van der Waals surface area contributed by atoms with E-state index in [0.29, 0.717) is 11.2 Å². The molecule has 1 aliphatic rings. The molecule has 0 heterocycles. The molecule has 0 spiro atoms. The molecule has 0 aromatic heterocycles. The fourth-order valence-corrected chi connectivity index (χ4v) is 3.79. The van der Waals surface area contributed by atoms with E-state index in [4.69, 9.17) is 5.26 Å². The lowest BCUT2D eigenvalue weighted by Gasteiger charge is -2.29. The first-order valence-corrected chi connectivity index (χ1v) is 8.22. The molecule has 3 heteroatoms. The normalized spacial score (nSPS) is 18.9. The lowest BCUT2D eigenvalue weighted by atomic mass is 10.0. The first kappa shape index (κ1) is 14.4. The number of thioether (sulfide) groups is 1. The molecule has 2 rings (SSSR count).